The van der Waals surface area contributed by atoms with Crippen molar-refractivity contribution in [3.63, 3.8) is 0 Å². The van der Waals surface area contributed by atoms with E-state index in [1.807, 2.05) is 12.1 Å². The molecule has 0 fully saturated rings. The Bertz CT molecular complexity index is 2380. The van der Waals surface area contributed by atoms with Crippen LogP contribution in [0.5, 0.6) is 5.75 Å². The summed E-state index contributed by atoms with van der Waals surface area (Å²) in [5.41, 5.74) is 20.1. The van der Waals surface area contributed by atoms with E-state index in [-0.39, 0.29) is 10.8 Å². The maximum Gasteiger partial charge on any atom is 0.119 e. The molecular weight excluding hydrogens is 631 g/mol. The van der Waals surface area contributed by atoms with Crippen LogP contribution in [0.2, 0.25) is 0 Å². The monoisotopic (exact) mass is 673 g/mol. The number of ether oxygens (including phenoxy) is 1. The number of rotatable bonds is 6. The third kappa shape index (κ3) is 5.00. The number of fused-ring (bicyclic) bond motifs is 6. The van der Waals surface area contributed by atoms with Gasteiger partial charge in [0, 0.05) is 27.9 Å². The molecule has 7 aromatic rings. The minimum Gasteiger partial charge on any atom is -0.497 e. The van der Waals surface area contributed by atoms with Crippen LogP contribution in [0, 0.1) is 6.92 Å². The SMILES string of the molecule is COc1ccc(N(c2ccc(C)cc2)c2cc(-c3ccc4c(c3)C(C)(C)c3ccccc3-4)cc(-c3ccc4c(c3)C(C)(C)c3ccccc3-4)c2)cc1. The van der Waals surface area contributed by atoms with E-state index in [0.717, 1.165) is 22.8 Å². The summed E-state index contributed by atoms with van der Waals surface area (Å²) in [5.74, 6) is 0.838. The maximum absolute atomic E-state index is 5.56. The van der Waals surface area contributed by atoms with E-state index < -0.39 is 0 Å². The van der Waals surface area contributed by atoms with Gasteiger partial charge in [-0.1, -0.05) is 118 Å². The van der Waals surface area contributed by atoms with Gasteiger partial charge < -0.3 is 9.64 Å². The van der Waals surface area contributed by atoms with Gasteiger partial charge in [0.25, 0.3) is 0 Å². The molecule has 0 atom stereocenters. The first-order valence-corrected chi connectivity index (χ1v) is 18.3. The Labute approximate surface area is 308 Å². The highest BCUT2D eigenvalue weighted by Crippen LogP contribution is 2.52. The lowest BCUT2D eigenvalue weighted by atomic mass is 9.81. The number of nitrogens with zero attached hydrogens (tertiary/aromatic N) is 1. The molecule has 0 aromatic heterocycles. The van der Waals surface area contributed by atoms with E-state index in [9.17, 15) is 0 Å². The number of anilines is 3. The minimum absolute atomic E-state index is 0.0834. The molecule has 0 aliphatic heterocycles. The summed E-state index contributed by atoms with van der Waals surface area (Å²) < 4.78 is 5.56. The van der Waals surface area contributed by atoms with Crippen molar-refractivity contribution in [2.75, 3.05) is 12.0 Å². The molecule has 0 heterocycles. The van der Waals surface area contributed by atoms with Gasteiger partial charge in [0.15, 0.2) is 0 Å². The molecule has 0 unspecified atom stereocenters. The topological polar surface area (TPSA) is 12.5 Å². The predicted molar refractivity (Wildman–Crippen MR) is 218 cm³/mol. The van der Waals surface area contributed by atoms with Crippen LogP contribution in [0.4, 0.5) is 17.1 Å². The van der Waals surface area contributed by atoms with Gasteiger partial charge in [-0.15, -0.1) is 0 Å². The molecule has 0 amide bonds. The molecule has 0 saturated carbocycles. The number of hydrogen-bond acceptors (Lipinski definition) is 2. The first-order valence-electron chi connectivity index (χ1n) is 18.3. The van der Waals surface area contributed by atoms with E-state index in [2.05, 4.69) is 179 Å². The van der Waals surface area contributed by atoms with E-state index in [1.54, 1.807) is 7.11 Å². The van der Waals surface area contributed by atoms with Gasteiger partial charge in [-0.3, -0.25) is 0 Å². The van der Waals surface area contributed by atoms with Crippen LogP contribution in [0.1, 0.15) is 55.5 Å². The van der Waals surface area contributed by atoms with Crippen molar-refractivity contribution >= 4 is 17.1 Å². The second kappa shape index (κ2) is 11.9. The molecular formula is C50H43NO. The fourth-order valence-corrected chi connectivity index (χ4v) is 8.71. The van der Waals surface area contributed by atoms with Crippen LogP contribution >= 0.6 is 0 Å². The first-order chi connectivity index (χ1) is 25.1. The van der Waals surface area contributed by atoms with Gasteiger partial charge in [-0.2, -0.15) is 0 Å². The van der Waals surface area contributed by atoms with Crippen molar-refractivity contribution in [2.45, 2.75) is 45.4 Å². The van der Waals surface area contributed by atoms with Crippen molar-refractivity contribution in [1.29, 1.82) is 0 Å². The Kier molecular flexibility index (Phi) is 7.31. The summed E-state index contributed by atoms with van der Waals surface area (Å²) in [4.78, 5) is 2.37. The third-order valence-electron chi connectivity index (χ3n) is 11.6. The Balaban J connectivity index is 1.26. The van der Waals surface area contributed by atoms with E-state index in [4.69, 9.17) is 4.74 Å². The second-order valence-electron chi connectivity index (χ2n) is 15.5. The van der Waals surface area contributed by atoms with Crippen LogP contribution in [0.15, 0.2) is 152 Å². The number of benzene rings is 7. The van der Waals surface area contributed by atoms with Gasteiger partial charge in [0.05, 0.1) is 7.11 Å². The van der Waals surface area contributed by atoms with Crippen molar-refractivity contribution in [1.82, 2.24) is 0 Å². The molecule has 2 nitrogen and oxygen atoms in total. The number of methoxy groups -OCH3 is 1. The molecule has 2 aliphatic rings. The predicted octanol–water partition coefficient (Wildman–Crippen LogP) is 13.4. The van der Waals surface area contributed by atoms with Gasteiger partial charge in [0.2, 0.25) is 0 Å². The fraction of sp³-hybridized carbons (Fsp3) is 0.160. The smallest absolute Gasteiger partial charge is 0.119 e. The summed E-state index contributed by atoms with van der Waals surface area (Å²) in [7, 11) is 1.72. The Morgan fingerprint density at radius 2 is 0.846 bits per heavy atom. The molecule has 0 bridgehead atoms. The lowest BCUT2D eigenvalue weighted by Crippen LogP contribution is -2.15. The zero-order valence-electron chi connectivity index (χ0n) is 30.8. The molecule has 0 N–H and O–H groups in total. The lowest BCUT2D eigenvalue weighted by Gasteiger charge is -2.27. The molecule has 0 radical (unpaired) electrons. The molecule has 0 saturated heterocycles. The van der Waals surface area contributed by atoms with Gasteiger partial charge in [-0.05, 0) is 140 Å². The van der Waals surface area contributed by atoms with Gasteiger partial charge in [0.1, 0.15) is 5.75 Å². The summed E-state index contributed by atoms with van der Waals surface area (Å²) in [5, 5.41) is 0. The van der Waals surface area contributed by atoms with E-state index in [0.29, 0.717) is 0 Å². The first kappa shape index (κ1) is 32.1. The largest absolute Gasteiger partial charge is 0.497 e. The van der Waals surface area contributed by atoms with Crippen LogP contribution in [0.25, 0.3) is 44.5 Å². The van der Waals surface area contributed by atoms with Gasteiger partial charge >= 0.3 is 0 Å². The number of aryl methyl sites for hydroxylation is 1. The molecule has 52 heavy (non-hydrogen) atoms. The molecule has 7 aromatic carbocycles. The average Bonchev–Trinajstić information content (AvgIpc) is 3.55. The summed E-state index contributed by atoms with van der Waals surface area (Å²) in [6.45, 7) is 11.6. The van der Waals surface area contributed by atoms with Crippen molar-refractivity contribution < 1.29 is 4.74 Å². The highest BCUT2D eigenvalue weighted by Gasteiger charge is 2.36. The molecule has 0 spiro atoms. The van der Waals surface area contributed by atoms with E-state index in [1.165, 1.54) is 72.3 Å². The quantitative estimate of drug-likeness (QED) is 0.174. The maximum atomic E-state index is 5.56. The van der Waals surface area contributed by atoms with Crippen molar-refractivity contribution in [2.24, 2.45) is 0 Å². The standard InChI is InChI=1S/C50H43NO/c1-32-15-19-37(20-16-32)51(38-21-23-40(52-6)24-22-38)39-28-35(33-17-25-43-41-11-7-9-13-45(41)49(2,3)47(43)30-33)27-36(29-39)34-18-26-44-42-12-8-10-14-46(42)50(4,5)48(44)31-34/h7-31H,1-6H3. The lowest BCUT2D eigenvalue weighted by molar-refractivity contribution is 0.415. The zero-order chi connectivity index (χ0) is 35.8. The third-order valence-corrected chi connectivity index (χ3v) is 11.6. The molecule has 254 valence electrons. The van der Waals surface area contributed by atoms with Crippen LogP contribution in [-0.4, -0.2) is 7.11 Å². The van der Waals surface area contributed by atoms with Crippen LogP contribution in [-0.2, 0) is 10.8 Å². The minimum atomic E-state index is -0.0834. The number of hydrogen-bond donors (Lipinski definition) is 0. The fourth-order valence-electron chi connectivity index (χ4n) is 8.71. The van der Waals surface area contributed by atoms with Crippen LogP contribution in [0.3, 0.4) is 0 Å². The average molecular weight is 674 g/mol. The van der Waals surface area contributed by atoms with Gasteiger partial charge in [-0.25, -0.2) is 0 Å². The van der Waals surface area contributed by atoms with Crippen molar-refractivity contribution in [3.05, 3.63) is 179 Å². The Morgan fingerprint density at radius 3 is 1.33 bits per heavy atom. The van der Waals surface area contributed by atoms with E-state index >= 15 is 0 Å². The highest BCUT2D eigenvalue weighted by molar-refractivity contribution is 5.89. The highest BCUT2D eigenvalue weighted by atomic mass is 16.5. The summed E-state index contributed by atoms with van der Waals surface area (Å²) >= 11 is 0. The molecule has 2 aliphatic carbocycles. The summed E-state index contributed by atoms with van der Waals surface area (Å²) in [6.07, 6.45) is 0. The van der Waals surface area contributed by atoms with Crippen molar-refractivity contribution in [3.8, 4) is 50.3 Å². The molecule has 2 heteroatoms. The second-order valence-corrected chi connectivity index (χ2v) is 15.5. The summed E-state index contributed by atoms with van der Waals surface area (Å²) in [6, 6.07) is 56.2. The van der Waals surface area contributed by atoms with Crippen LogP contribution < -0.4 is 9.64 Å². The Morgan fingerprint density at radius 1 is 0.404 bits per heavy atom. The zero-order valence-corrected chi connectivity index (χ0v) is 30.8. The molecule has 9 rings (SSSR count). The Hall–Kier alpha value is -5.86. The normalized spacial score (nSPS) is 14.3.